The molecule has 1 nitrogen and oxygen atoms in total. The molecule has 0 rings (SSSR count). The van der Waals surface area contributed by atoms with Gasteiger partial charge < -0.3 is 0 Å². The third kappa shape index (κ3) is 17.8. The van der Waals surface area contributed by atoms with Crippen LogP contribution in [0.3, 0.4) is 0 Å². The maximum absolute atomic E-state index is 7.06. The molecule has 0 unspecified atom stereocenters. The first-order chi connectivity index (χ1) is 12.7. The average molecular weight is 388 g/mol. The third-order valence-electron chi connectivity index (χ3n) is 6.08. The van der Waals surface area contributed by atoms with Crippen molar-refractivity contribution in [1.29, 1.82) is 0 Å². The van der Waals surface area contributed by atoms with Gasteiger partial charge in [-0.15, -0.1) is 0 Å². The number of nitrogens with two attached hydrogens (primary N) is 1. The Morgan fingerprint density at radius 2 is 0.615 bits per heavy atom. The molecule has 0 heterocycles. The van der Waals surface area contributed by atoms with Crippen LogP contribution in [-0.2, 0) is 0 Å². The van der Waals surface area contributed by atoms with Gasteiger partial charge in [-0.2, -0.15) is 0 Å². The molecule has 0 aliphatic heterocycles. The van der Waals surface area contributed by atoms with E-state index in [1.54, 1.807) is 0 Å². The van der Waals surface area contributed by atoms with E-state index in [4.69, 9.17) is 5.50 Å². The van der Waals surface area contributed by atoms with E-state index in [-0.39, 0.29) is 0 Å². The summed E-state index contributed by atoms with van der Waals surface area (Å²) in [6.07, 6.45) is 29.7. The number of hydrogen-bond donors (Lipinski definition) is 1. The second-order valence-corrected chi connectivity index (χ2v) is 13.1. The second kappa shape index (κ2) is 20.1. The van der Waals surface area contributed by atoms with Gasteiger partial charge in [0.1, 0.15) is 0 Å². The van der Waals surface area contributed by atoms with Gasteiger partial charge in [-0.3, -0.25) is 0 Å². The molecule has 0 aliphatic rings. The monoisotopic (exact) mass is 387 g/mol. The molecule has 0 fully saturated rings. The third-order valence-corrected chi connectivity index (χ3v) is 10.1. The molecular formula is C24H54NP. The van der Waals surface area contributed by atoms with E-state index in [1.165, 1.54) is 134 Å². The molecule has 2 heteroatoms. The first-order valence-electron chi connectivity index (χ1n) is 12.5. The SMILES string of the molecule is CCCCCCCC[PH](N)(CCCCCCCC)CCCCCCCC. The van der Waals surface area contributed by atoms with E-state index in [2.05, 4.69) is 20.8 Å². The van der Waals surface area contributed by atoms with Crippen molar-refractivity contribution in [2.75, 3.05) is 18.5 Å². The van der Waals surface area contributed by atoms with E-state index < -0.39 is 7.41 Å². The van der Waals surface area contributed by atoms with Gasteiger partial charge in [-0.1, -0.05) is 0 Å². The van der Waals surface area contributed by atoms with E-state index in [9.17, 15) is 0 Å². The summed E-state index contributed by atoms with van der Waals surface area (Å²) in [4.78, 5) is 0. The van der Waals surface area contributed by atoms with Crippen LogP contribution in [0.5, 0.6) is 0 Å². The van der Waals surface area contributed by atoms with Crippen molar-refractivity contribution in [3.63, 3.8) is 0 Å². The zero-order valence-corrected chi connectivity index (χ0v) is 19.9. The predicted octanol–water partition coefficient (Wildman–Crippen LogP) is 8.69. The van der Waals surface area contributed by atoms with Crippen molar-refractivity contribution < 1.29 is 0 Å². The van der Waals surface area contributed by atoms with Gasteiger partial charge in [0, 0.05) is 0 Å². The molecular weight excluding hydrogens is 333 g/mol. The molecule has 0 bridgehead atoms. The summed E-state index contributed by atoms with van der Waals surface area (Å²) >= 11 is 0. The molecule has 2 N–H and O–H groups in total. The Morgan fingerprint density at radius 3 is 0.885 bits per heavy atom. The molecule has 0 saturated carbocycles. The van der Waals surface area contributed by atoms with E-state index >= 15 is 0 Å². The first kappa shape index (κ1) is 26.4. The summed E-state index contributed by atoms with van der Waals surface area (Å²) in [5.41, 5.74) is 7.06. The Kier molecular flexibility index (Phi) is 20.4. The Bertz CT molecular complexity index is 226. The summed E-state index contributed by atoms with van der Waals surface area (Å²) in [7, 11) is -1.45. The summed E-state index contributed by atoms with van der Waals surface area (Å²) in [5, 5.41) is 0. The van der Waals surface area contributed by atoms with Crippen LogP contribution in [0.15, 0.2) is 0 Å². The van der Waals surface area contributed by atoms with Gasteiger partial charge in [0.05, 0.1) is 0 Å². The van der Waals surface area contributed by atoms with Crippen molar-refractivity contribution in [3.05, 3.63) is 0 Å². The fourth-order valence-electron chi connectivity index (χ4n) is 4.15. The summed E-state index contributed by atoms with van der Waals surface area (Å²) in [6, 6.07) is 0. The standard InChI is InChI=1S/C24H54NP/c1-4-7-10-13-16-19-22-26(25,23-20-17-14-11-8-5-2)24-21-18-15-12-9-6-3/h26H,4-25H2,1-3H3. The fraction of sp³-hybridized carbons (Fsp3) is 1.00. The Morgan fingerprint density at radius 1 is 0.385 bits per heavy atom. The zero-order valence-electron chi connectivity index (χ0n) is 18.9. The molecule has 0 spiro atoms. The summed E-state index contributed by atoms with van der Waals surface area (Å²) in [5.74, 6) is 0. The predicted molar refractivity (Wildman–Crippen MR) is 127 cm³/mol. The molecule has 0 aromatic rings. The van der Waals surface area contributed by atoms with Gasteiger partial charge in [0.25, 0.3) is 0 Å². The van der Waals surface area contributed by atoms with E-state index in [0.717, 1.165) is 0 Å². The van der Waals surface area contributed by atoms with Crippen LogP contribution in [0.2, 0.25) is 0 Å². The molecule has 0 aliphatic carbocycles. The molecule has 0 radical (unpaired) electrons. The number of rotatable bonds is 21. The van der Waals surface area contributed by atoms with Gasteiger partial charge in [0.2, 0.25) is 0 Å². The van der Waals surface area contributed by atoms with Crippen molar-refractivity contribution in [2.24, 2.45) is 5.50 Å². The fourth-order valence-corrected chi connectivity index (χ4v) is 7.76. The summed E-state index contributed by atoms with van der Waals surface area (Å²) in [6.45, 7) is 6.91. The minimum absolute atomic E-state index is 1.35. The van der Waals surface area contributed by atoms with E-state index in [0.29, 0.717) is 0 Å². The van der Waals surface area contributed by atoms with Gasteiger partial charge >= 0.3 is 168 Å². The number of hydrogen-bond acceptors (Lipinski definition) is 1. The van der Waals surface area contributed by atoms with Crippen LogP contribution in [0, 0.1) is 0 Å². The van der Waals surface area contributed by atoms with Crippen LogP contribution in [-0.4, -0.2) is 18.5 Å². The van der Waals surface area contributed by atoms with Crippen molar-refractivity contribution in [3.8, 4) is 0 Å². The van der Waals surface area contributed by atoms with Crippen LogP contribution < -0.4 is 5.50 Å². The average Bonchev–Trinajstić information content (AvgIpc) is 2.64. The topological polar surface area (TPSA) is 26.0 Å². The van der Waals surface area contributed by atoms with Crippen LogP contribution in [0.4, 0.5) is 0 Å². The molecule has 160 valence electrons. The van der Waals surface area contributed by atoms with Crippen molar-refractivity contribution in [2.45, 2.75) is 136 Å². The molecule has 0 aromatic heterocycles. The Balaban J connectivity index is 4.02. The Labute approximate surface area is 168 Å². The molecule has 26 heavy (non-hydrogen) atoms. The van der Waals surface area contributed by atoms with Crippen molar-refractivity contribution in [1.82, 2.24) is 0 Å². The summed E-state index contributed by atoms with van der Waals surface area (Å²) < 4.78 is 0. The first-order valence-corrected chi connectivity index (χ1v) is 15.2. The molecule has 0 aromatic carbocycles. The minimum atomic E-state index is -1.45. The van der Waals surface area contributed by atoms with Crippen LogP contribution >= 0.6 is 7.41 Å². The van der Waals surface area contributed by atoms with Crippen LogP contribution in [0.25, 0.3) is 0 Å². The molecule has 0 atom stereocenters. The molecule has 0 saturated heterocycles. The zero-order chi connectivity index (χ0) is 19.3. The normalized spacial score (nSPS) is 12.6. The van der Waals surface area contributed by atoms with Crippen LogP contribution in [0.1, 0.15) is 136 Å². The van der Waals surface area contributed by atoms with E-state index in [1.807, 2.05) is 0 Å². The Hall–Kier alpha value is 0.390. The quantitative estimate of drug-likeness (QED) is 0.155. The van der Waals surface area contributed by atoms with Crippen molar-refractivity contribution >= 4 is 7.41 Å². The van der Waals surface area contributed by atoms with Gasteiger partial charge in [0.15, 0.2) is 0 Å². The maximum atomic E-state index is 7.06. The number of unbranched alkanes of at least 4 members (excludes halogenated alkanes) is 15. The van der Waals surface area contributed by atoms with Gasteiger partial charge in [-0.05, 0) is 0 Å². The van der Waals surface area contributed by atoms with Gasteiger partial charge in [-0.25, -0.2) is 0 Å². The molecule has 0 amide bonds. The second-order valence-electron chi connectivity index (χ2n) is 8.92.